The summed E-state index contributed by atoms with van der Waals surface area (Å²) < 4.78 is 40.6. The Bertz CT molecular complexity index is 640. The van der Waals surface area contributed by atoms with Crippen molar-refractivity contribution >= 4 is 11.6 Å². The molecule has 5 heteroatoms. The van der Waals surface area contributed by atoms with Crippen LogP contribution in [0.25, 0.3) is 0 Å². The number of β-lactam (4-membered cyclic amide) rings is 1. The van der Waals surface area contributed by atoms with Gasteiger partial charge in [0.25, 0.3) is 0 Å². The topological polar surface area (TPSA) is 20.3 Å². The third kappa shape index (κ3) is 1.78. The van der Waals surface area contributed by atoms with Gasteiger partial charge in [0.1, 0.15) is 11.9 Å². The van der Waals surface area contributed by atoms with E-state index in [-0.39, 0.29) is 5.56 Å². The van der Waals surface area contributed by atoms with Crippen LogP contribution in [0.1, 0.15) is 11.6 Å². The third-order valence-electron chi connectivity index (χ3n) is 3.33. The van der Waals surface area contributed by atoms with E-state index < -0.39 is 23.7 Å². The van der Waals surface area contributed by atoms with Crippen LogP contribution < -0.4 is 4.90 Å². The first-order chi connectivity index (χ1) is 9.51. The molecular weight excluding hydrogens is 267 g/mol. The number of hydrogen-bond acceptors (Lipinski definition) is 1. The molecule has 0 spiro atoms. The second kappa shape index (κ2) is 4.37. The van der Waals surface area contributed by atoms with Crippen LogP contribution in [-0.2, 0) is 4.79 Å². The fraction of sp³-hybridized carbons (Fsp3) is 0.133. The fourth-order valence-electron chi connectivity index (χ4n) is 2.35. The molecule has 2 aromatic carbocycles. The van der Waals surface area contributed by atoms with Crippen molar-refractivity contribution in [2.75, 3.05) is 4.90 Å². The summed E-state index contributed by atoms with van der Waals surface area (Å²) in [7, 11) is 0. The maximum atomic E-state index is 13.8. The van der Waals surface area contributed by atoms with E-state index in [0.717, 1.165) is 17.0 Å². The van der Waals surface area contributed by atoms with Crippen molar-refractivity contribution in [1.82, 2.24) is 0 Å². The molecule has 0 bridgehead atoms. The molecule has 3 rings (SSSR count). The molecule has 1 atom stereocenters. The summed E-state index contributed by atoms with van der Waals surface area (Å²) in [5.41, 5.74) is 0.609. The predicted octanol–water partition coefficient (Wildman–Crippen LogP) is 3.55. The Labute approximate surface area is 113 Å². The van der Waals surface area contributed by atoms with Crippen LogP contribution in [0.5, 0.6) is 0 Å². The lowest BCUT2D eigenvalue weighted by molar-refractivity contribution is -0.162. The van der Waals surface area contributed by atoms with E-state index in [1.807, 2.05) is 0 Å². The lowest BCUT2D eigenvalue weighted by Gasteiger charge is -2.46. The number of carbonyl (C=O) groups excluding carboxylic acids is 1. The first-order valence-corrected chi connectivity index (χ1v) is 6.04. The van der Waals surface area contributed by atoms with Crippen LogP contribution in [-0.4, -0.2) is 11.8 Å². The summed E-state index contributed by atoms with van der Waals surface area (Å²) in [5.74, 6) is -5.21. The standard InChI is InChI=1S/C15H10F3NO/c16-11-8-6-10(7-9-11)13-15(17,18)14(20)19(13)12-4-2-1-3-5-12/h1-9,13H. The van der Waals surface area contributed by atoms with Crippen LogP contribution >= 0.6 is 0 Å². The van der Waals surface area contributed by atoms with Gasteiger partial charge < -0.3 is 0 Å². The van der Waals surface area contributed by atoms with Crippen molar-refractivity contribution in [2.24, 2.45) is 0 Å². The van der Waals surface area contributed by atoms with E-state index in [0.29, 0.717) is 5.69 Å². The lowest BCUT2D eigenvalue weighted by atomic mass is 9.89. The molecule has 2 nitrogen and oxygen atoms in total. The van der Waals surface area contributed by atoms with Gasteiger partial charge in [-0.3, -0.25) is 9.69 Å². The molecule has 1 aliphatic heterocycles. The minimum Gasteiger partial charge on any atom is -0.293 e. The zero-order valence-electron chi connectivity index (χ0n) is 10.3. The van der Waals surface area contributed by atoms with Gasteiger partial charge >= 0.3 is 11.8 Å². The van der Waals surface area contributed by atoms with Gasteiger partial charge in [-0.05, 0) is 29.8 Å². The Hall–Kier alpha value is -2.30. The number of nitrogens with zero attached hydrogens (tertiary/aromatic N) is 1. The van der Waals surface area contributed by atoms with Crippen molar-refractivity contribution in [1.29, 1.82) is 0 Å². The highest BCUT2D eigenvalue weighted by Gasteiger charge is 2.64. The van der Waals surface area contributed by atoms with Crippen LogP contribution in [0.2, 0.25) is 0 Å². The summed E-state index contributed by atoms with van der Waals surface area (Å²) >= 11 is 0. The summed E-state index contributed by atoms with van der Waals surface area (Å²) in [4.78, 5) is 12.7. The summed E-state index contributed by atoms with van der Waals surface area (Å²) in [6.45, 7) is 0. The van der Waals surface area contributed by atoms with Crippen molar-refractivity contribution in [3.8, 4) is 0 Å². The zero-order valence-corrected chi connectivity index (χ0v) is 10.3. The first kappa shape index (κ1) is 12.7. The second-order valence-corrected chi connectivity index (χ2v) is 4.59. The Morgan fingerprint density at radius 2 is 1.55 bits per heavy atom. The molecule has 1 aliphatic rings. The molecule has 2 aromatic rings. The highest BCUT2D eigenvalue weighted by Crippen LogP contribution is 2.49. The summed E-state index contributed by atoms with van der Waals surface area (Å²) in [6, 6.07) is 11.6. The van der Waals surface area contributed by atoms with Gasteiger partial charge in [0.15, 0.2) is 0 Å². The Kier molecular flexibility index (Phi) is 2.78. The summed E-state index contributed by atoms with van der Waals surface area (Å²) in [6.07, 6.45) is 0. The van der Waals surface area contributed by atoms with Gasteiger partial charge in [0, 0.05) is 5.69 Å². The van der Waals surface area contributed by atoms with Crippen LogP contribution in [0, 0.1) is 5.82 Å². The smallest absolute Gasteiger partial charge is 0.293 e. The van der Waals surface area contributed by atoms with E-state index in [1.165, 1.54) is 12.1 Å². The van der Waals surface area contributed by atoms with Crippen molar-refractivity contribution in [3.05, 3.63) is 66.0 Å². The number of anilines is 1. The lowest BCUT2D eigenvalue weighted by Crippen LogP contribution is -2.64. The fourth-order valence-corrected chi connectivity index (χ4v) is 2.35. The van der Waals surface area contributed by atoms with Gasteiger partial charge in [-0.15, -0.1) is 0 Å². The number of amides is 1. The van der Waals surface area contributed by atoms with Gasteiger partial charge in [0.2, 0.25) is 0 Å². The number of carbonyl (C=O) groups is 1. The molecule has 1 amide bonds. The molecule has 1 saturated heterocycles. The molecule has 0 radical (unpaired) electrons. The Morgan fingerprint density at radius 3 is 2.15 bits per heavy atom. The summed E-state index contributed by atoms with van der Waals surface area (Å²) in [5, 5.41) is 0. The van der Waals surface area contributed by atoms with E-state index in [9.17, 15) is 18.0 Å². The number of alkyl halides is 2. The average molecular weight is 277 g/mol. The normalized spacial score (nSPS) is 20.6. The average Bonchev–Trinajstić information content (AvgIpc) is 2.46. The van der Waals surface area contributed by atoms with Crippen LogP contribution in [0.3, 0.4) is 0 Å². The zero-order chi connectivity index (χ0) is 14.3. The van der Waals surface area contributed by atoms with E-state index in [4.69, 9.17) is 0 Å². The molecule has 1 heterocycles. The molecular formula is C15H10F3NO. The van der Waals surface area contributed by atoms with E-state index in [1.54, 1.807) is 30.3 Å². The Balaban J connectivity index is 2.02. The quantitative estimate of drug-likeness (QED) is 0.769. The van der Waals surface area contributed by atoms with E-state index in [2.05, 4.69) is 0 Å². The van der Waals surface area contributed by atoms with Gasteiger partial charge in [-0.2, -0.15) is 8.78 Å². The maximum absolute atomic E-state index is 13.8. The molecule has 1 fully saturated rings. The highest BCUT2D eigenvalue weighted by atomic mass is 19.3. The maximum Gasteiger partial charge on any atom is 0.349 e. The van der Waals surface area contributed by atoms with Crippen molar-refractivity contribution in [3.63, 3.8) is 0 Å². The molecule has 0 aliphatic carbocycles. The largest absolute Gasteiger partial charge is 0.349 e. The van der Waals surface area contributed by atoms with Gasteiger partial charge in [-0.25, -0.2) is 4.39 Å². The van der Waals surface area contributed by atoms with Crippen LogP contribution in [0.4, 0.5) is 18.9 Å². The monoisotopic (exact) mass is 277 g/mol. The molecule has 102 valence electrons. The molecule has 0 aromatic heterocycles. The first-order valence-electron chi connectivity index (χ1n) is 6.04. The number of benzene rings is 2. The molecule has 1 unspecified atom stereocenters. The number of halogens is 3. The third-order valence-corrected chi connectivity index (χ3v) is 3.33. The predicted molar refractivity (Wildman–Crippen MR) is 68.0 cm³/mol. The highest BCUT2D eigenvalue weighted by molar-refractivity contribution is 6.07. The van der Waals surface area contributed by atoms with Crippen molar-refractivity contribution < 1.29 is 18.0 Å². The molecule has 0 N–H and O–H groups in total. The molecule has 0 saturated carbocycles. The van der Waals surface area contributed by atoms with Crippen LogP contribution in [0.15, 0.2) is 54.6 Å². The number of para-hydroxylation sites is 1. The second-order valence-electron chi connectivity index (χ2n) is 4.59. The minimum absolute atomic E-state index is 0.208. The number of hydrogen-bond donors (Lipinski definition) is 0. The minimum atomic E-state index is -3.46. The Morgan fingerprint density at radius 1 is 0.950 bits per heavy atom. The van der Waals surface area contributed by atoms with E-state index >= 15 is 0 Å². The van der Waals surface area contributed by atoms with Gasteiger partial charge in [-0.1, -0.05) is 30.3 Å². The number of rotatable bonds is 2. The van der Waals surface area contributed by atoms with Crippen molar-refractivity contribution in [2.45, 2.75) is 12.0 Å². The SMILES string of the molecule is O=C1N(c2ccccc2)C(c2ccc(F)cc2)C1(F)F. The van der Waals surface area contributed by atoms with Gasteiger partial charge in [0.05, 0.1) is 0 Å². The molecule has 20 heavy (non-hydrogen) atoms.